The van der Waals surface area contributed by atoms with E-state index in [9.17, 15) is 9.18 Å². The average Bonchev–Trinajstić information content (AvgIpc) is 2.54. The molecule has 0 spiro atoms. The van der Waals surface area contributed by atoms with Crippen molar-refractivity contribution in [3.63, 3.8) is 0 Å². The van der Waals surface area contributed by atoms with E-state index in [2.05, 4.69) is 10.0 Å². The van der Waals surface area contributed by atoms with Crippen molar-refractivity contribution in [2.24, 2.45) is 11.0 Å². The summed E-state index contributed by atoms with van der Waals surface area (Å²) in [5, 5.41) is 3.35. The molecular weight excluding hydrogens is 327 g/mol. The first-order chi connectivity index (χ1) is 11.8. The maximum atomic E-state index is 13.7. The zero-order chi connectivity index (χ0) is 18.4. The molecule has 0 radical (unpaired) electrons. The molecule has 0 bridgehead atoms. The zero-order valence-electron chi connectivity index (χ0n) is 14.7. The van der Waals surface area contributed by atoms with Gasteiger partial charge >= 0.3 is 6.09 Å². The largest absolute Gasteiger partial charge is 0.493 e. The summed E-state index contributed by atoms with van der Waals surface area (Å²) in [6.07, 6.45) is 1.24. The van der Waals surface area contributed by atoms with E-state index in [1.807, 2.05) is 20.8 Å². The monoisotopic (exact) mass is 350 g/mol. The molecule has 0 atom stereocenters. The van der Waals surface area contributed by atoms with Crippen LogP contribution in [0.2, 0.25) is 0 Å². The molecule has 1 aliphatic heterocycles. The summed E-state index contributed by atoms with van der Waals surface area (Å²) in [6, 6.07) is 4.30. The van der Waals surface area contributed by atoms with Gasteiger partial charge in [0.25, 0.3) is 0 Å². The second-order valence-corrected chi connectivity index (χ2v) is 7.00. The van der Waals surface area contributed by atoms with Gasteiger partial charge in [-0.05, 0) is 57.2 Å². The van der Waals surface area contributed by atoms with E-state index >= 15 is 0 Å². The number of hydrogen-bond donors (Lipinski definition) is 0. The summed E-state index contributed by atoms with van der Waals surface area (Å²) in [5.74, 6) is -0.150. The SMILES string of the molecule is CC(C)(C)OC(=O)N1CCC(COc2cccc(F)c2N=[N+]=[N-])CC1. The van der Waals surface area contributed by atoms with Crippen LogP contribution in [0.5, 0.6) is 5.75 Å². The van der Waals surface area contributed by atoms with Crippen LogP contribution in [0.25, 0.3) is 10.4 Å². The number of carbonyl (C=O) groups excluding carboxylic acids is 1. The molecule has 1 aromatic carbocycles. The molecule has 1 fully saturated rings. The smallest absolute Gasteiger partial charge is 0.410 e. The van der Waals surface area contributed by atoms with Crippen molar-refractivity contribution in [2.45, 2.75) is 39.2 Å². The Balaban J connectivity index is 1.86. The molecule has 2 rings (SSSR count). The first-order valence-electron chi connectivity index (χ1n) is 8.24. The van der Waals surface area contributed by atoms with Crippen LogP contribution in [0.4, 0.5) is 14.9 Å². The normalized spacial score (nSPS) is 15.4. The van der Waals surface area contributed by atoms with E-state index in [1.165, 1.54) is 12.1 Å². The molecule has 1 heterocycles. The molecular formula is C17H23FN4O3. The minimum atomic E-state index is -0.616. The number of piperidine rings is 1. The van der Waals surface area contributed by atoms with Crippen molar-refractivity contribution in [1.29, 1.82) is 0 Å². The van der Waals surface area contributed by atoms with Gasteiger partial charge in [0, 0.05) is 18.0 Å². The van der Waals surface area contributed by atoms with Gasteiger partial charge in [-0.1, -0.05) is 11.2 Å². The maximum absolute atomic E-state index is 13.7. The molecule has 1 saturated heterocycles. The molecule has 8 heteroatoms. The van der Waals surface area contributed by atoms with Crippen molar-refractivity contribution < 1.29 is 18.7 Å². The lowest BCUT2D eigenvalue weighted by Gasteiger charge is -2.33. The lowest BCUT2D eigenvalue weighted by molar-refractivity contribution is 0.0165. The molecule has 0 aliphatic carbocycles. The number of carbonyl (C=O) groups is 1. The van der Waals surface area contributed by atoms with Gasteiger partial charge in [-0.3, -0.25) is 0 Å². The van der Waals surface area contributed by atoms with E-state index in [0.29, 0.717) is 19.7 Å². The number of benzene rings is 1. The number of azide groups is 1. The fourth-order valence-corrected chi connectivity index (χ4v) is 2.57. The third-order valence-electron chi connectivity index (χ3n) is 3.84. The van der Waals surface area contributed by atoms with Crippen molar-refractivity contribution in [3.8, 4) is 5.75 Å². The third-order valence-corrected chi connectivity index (χ3v) is 3.84. The Hall–Kier alpha value is -2.47. The summed E-state index contributed by atoms with van der Waals surface area (Å²) in [4.78, 5) is 16.4. The maximum Gasteiger partial charge on any atom is 0.410 e. The predicted octanol–water partition coefficient (Wildman–Crippen LogP) is 4.79. The van der Waals surface area contributed by atoms with Crippen LogP contribution in [-0.4, -0.2) is 36.3 Å². The van der Waals surface area contributed by atoms with Gasteiger partial charge in [-0.2, -0.15) is 0 Å². The molecule has 25 heavy (non-hydrogen) atoms. The highest BCUT2D eigenvalue weighted by Crippen LogP contribution is 2.31. The topological polar surface area (TPSA) is 87.5 Å². The molecule has 7 nitrogen and oxygen atoms in total. The number of rotatable bonds is 4. The van der Waals surface area contributed by atoms with Crippen molar-refractivity contribution in [1.82, 2.24) is 4.90 Å². The fraction of sp³-hybridized carbons (Fsp3) is 0.588. The van der Waals surface area contributed by atoms with Gasteiger partial charge in [-0.15, -0.1) is 0 Å². The van der Waals surface area contributed by atoms with Crippen LogP contribution in [0.15, 0.2) is 23.3 Å². The lowest BCUT2D eigenvalue weighted by Crippen LogP contribution is -2.42. The zero-order valence-corrected chi connectivity index (χ0v) is 14.7. The molecule has 1 amide bonds. The molecule has 1 aliphatic rings. The van der Waals surface area contributed by atoms with Crippen LogP contribution in [-0.2, 0) is 4.74 Å². The second-order valence-electron chi connectivity index (χ2n) is 7.00. The van der Waals surface area contributed by atoms with Crippen LogP contribution in [0, 0.1) is 11.7 Å². The molecule has 1 aromatic rings. The van der Waals surface area contributed by atoms with Gasteiger partial charge in [0.2, 0.25) is 0 Å². The Labute approximate surface area is 146 Å². The molecule has 136 valence electrons. The van der Waals surface area contributed by atoms with Crippen molar-refractivity contribution in [3.05, 3.63) is 34.5 Å². The van der Waals surface area contributed by atoms with Crippen LogP contribution in [0.3, 0.4) is 0 Å². The Morgan fingerprint density at radius 1 is 1.40 bits per heavy atom. The molecule has 0 aromatic heterocycles. The first kappa shape index (κ1) is 18.9. The summed E-state index contributed by atoms with van der Waals surface area (Å²) >= 11 is 0. The summed E-state index contributed by atoms with van der Waals surface area (Å²) in [6.45, 7) is 7.08. The highest BCUT2D eigenvalue weighted by Gasteiger charge is 2.27. The molecule has 0 saturated carbocycles. The average molecular weight is 350 g/mol. The Morgan fingerprint density at radius 3 is 2.68 bits per heavy atom. The predicted molar refractivity (Wildman–Crippen MR) is 91.2 cm³/mol. The number of likely N-dealkylation sites (tertiary alicyclic amines) is 1. The van der Waals surface area contributed by atoms with E-state index < -0.39 is 11.4 Å². The number of halogens is 1. The van der Waals surface area contributed by atoms with Crippen molar-refractivity contribution in [2.75, 3.05) is 19.7 Å². The van der Waals surface area contributed by atoms with Crippen LogP contribution >= 0.6 is 0 Å². The van der Waals surface area contributed by atoms with E-state index in [-0.39, 0.29) is 23.4 Å². The van der Waals surface area contributed by atoms with Gasteiger partial charge in [0.05, 0.1) is 6.61 Å². The minimum Gasteiger partial charge on any atom is -0.493 e. The Bertz CT molecular complexity index is 660. The third kappa shape index (κ3) is 5.53. The molecule has 0 N–H and O–H groups in total. The number of amides is 1. The summed E-state index contributed by atoms with van der Waals surface area (Å²) in [7, 11) is 0. The highest BCUT2D eigenvalue weighted by molar-refractivity contribution is 5.68. The van der Waals surface area contributed by atoms with Gasteiger partial charge in [0.1, 0.15) is 22.9 Å². The first-order valence-corrected chi connectivity index (χ1v) is 8.24. The summed E-state index contributed by atoms with van der Waals surface area (Å²) in [5.41, 5.74) is 7.90. The van der Waals surface area contributed by atoms with Crippen LogP contribution in [0.1, 0.15) is 33.6 Å². The van der Waals surface area contributed by atoms with E-state index in [4.69, 9.17) is 15.0 Å². The minimum absolute atomic E-state index is 0.129. The van der Waals surface area contributed by atoms with Crippen molar-refractivity contribution >= 4 is 11.8 Å². The Kier molecular flexibility index (Phi) is 6.09. The fourth-order valence-electron chi connectivity index (χ4n) is 2.57. The van der Waals surface area contributed by atoms with E-state index in [1.54, 1.807) is 11.0 Å². The molecule has 0 unspecified atom stereocenters. The highest BCUT2D eigenvalue weighted by atomic mass is 19.1. The lowest BCUT2D eigenvalue weighted by atomic mass is 9.98. The standard InChI is InChI=1S/C17H23FN4O3/c1-17(2,3)25-16(23)22-9-7-12(8-10-22)11-24-14-6-4-5-13(18)15(14)20-21-19/h4-6,12H,7-11H2,1-3H3. The second kappa shape index (κ2) is 8.07. The Morgan fingerprint density at radius 2 is 2.08 bits per heavy atom. The number of hydrogen-bond acceptors (Lipinski definition) is 4. The number of nitrogens with zero attached hydrogens (tertiary/aromatic N) is 4. The summed E-state index contributed by atoms with van der Waals surface area (Å²) < 4.78 is 24.7. The number of ether oxygens (including phenoxy) is 2. The van der Waals surface area contributed by atoms with Gasteiger partial charge in [0.15, 0.2) is 0 Å². The van der Waals surface area contributed by atoms with Gasteiger partial charge < -0.3 is 14.4 Å². The van der Waals surface area contributed by atoms with Gasteiger partial charge in [-0.25, -0.2) is 9.18 Å². The quantitative estimate of drug-likeness (QED) is 0.444. The van der Waals surface area contributed by atoms with E-state index in [0.717, 1.165) is 12.8 Å². The van der Waals surface area contributed by atoms with Crippen LogP contribution < -0.4 is 4.74 Å².